The van der Waals surface area contributed by atoms with Crippen molar-refractivity contribution in [2.24, 2.45) is 0 Å². The fraction of sp³-hybridized carbons (Fsp3) is 0.364. The van der Waals surface area contributed by atoms with Gasteiger partial charge in [0.2, 0.25) is 0 Å². The fourth-order valence-electron chi connectivity index (χ4n) is 1.57. The Kier molecular flexibility index (Phi) is 4.41. The Morgan fingerprint density at radius 3 is 2.75 bits per heavy atom. The second-order valence-electron chi connectivity index (χ2n) is 3.75. The minimum atomic E-state index is -0.639. The third kappa shape index (κ3) is 2.99. The van der Waals surface area contributed by atoms with Gasteiger partial charge in [-0.05, 0) is 0 Å². The molecule has 0 aliphatic heterocycles. The van der Waals surface area contributed by atoms with Crippen molar-refractivity contribution in [1.82, 2.24) is 20.0 Å². The van der Waals surface area contributed by atoms with Crippen molar-refractivity contribution in [3.05, 3.63) is 28.0 Å². The van der Waals surface area contributed by atoms with Crippen LogP contribution in [0.1, 0.15) is 21.1 Å². The zero-order valence-electron chi connectivity index (χ0n) is 10.9. The molecule has 2 aromatic heterocycles. The molecule has 0 radical (unpaired) electrons. The molecule has 9 heteroatoms. The number of hydrogen-bond donors (Lipinski definition) is 0. The monoisotopic (exact) mass is 296 g/mol. The highest BCUT2D eigenvalue weighted by Gasteiger charge is 2.23. The van der Waals surface area contributed by atoms with E-state index in [1.807, 2.05) is 0 Å². The van der Waals surface area contributed by atoms with Gasteiger partial charge in [0.25, 0.3) is 0 Å². The molecule has 20 heavy (non-hydrogen) atoms. The summed E-state index contributed by atoms with van der Waals surface area (Å²) < 4.78 is 10.7. The predicted octanol–water partition coefficient (Wildman–Crippen LogP) is 0.285. The molecule has 2 aromatic rings. The Morgan fingerprint density at radius 2 is 2.15 bits per heavy atom. The molecule has 0 aliphatic rings. The van der Waals surface area contributed by atoms with E-state index in [9.17, 15) is 9.59 Å². The first-order chi connectivity index (χ1) is 9.65. The Bertz CT molecular complexity index is 608. The van der Waals surface area contributed by atoms with Crippen molar-refractivity contribution < 1.29 is 19.1 Å². The quantitative estimate of drug-likeness (QED) is 0.731. The van der Waals surface area contributed by atoms with E-state index in [2.05, 4.69) is 24.8 Å². The number of methoxy groups -OCH3 is 2. The first-order valence-corrected chi connectivity index (χ1v) is 6.48. The predicted molar refractivity (Wildman–Crippen MR) is 68.3 cm³/mol. The summed E-state index contributed by atoms with van der Waals surface area (Å²) in [5.41, 5.74) is 2.06. The van der Waals surface area contributed by atoms with E-state index in [1.165, 1.54) is 30.2 Å². The largest absolute Gasteiger partial charge is 0.469 e. The van der Waals surface area contributed by atoms with E-state index in [4.69, 9.17) is 0 Å². The van der Waals surface area contributed by atoms with E-state index in [0.717, 1.165) is 4.88 Å². The van der Waals surface area contributed by atoms with Crippen molar-refractivity contribution >= 4 is 23.3 Å². The Balaban J connectivity index is 2.33. The smallest absolute Gasteiger partial charge is 0.360 e. The Morgan fingerprint density at radius 1 is 1.35 bits per heavy atom. The maximum atomic E-state index is 11.6. The van der Waals surface area contributed by atoms with Gasteiger partial charge < -0.3 is 9.47 Å². The molecule has 0 aromatic carbocycles. The maximum Gasteiger partial charge on any atom is 0.360 e. The van der Waals surface area contributed by atoms with Crippen molar-refractivity contribution in [2.45, 2.75) is 13.0 Å². The van der Waals surface area contributed by atoms with Gasteiger partial charge in [-0.2, -0.15) is 0 Å². The summed E-state index contributed by atoms with van der Waals surface area (Å²) in [4.78, 5) is 27.9. The van der Waals surface area contributed by atoms with E-state index >= 15 is 0 Å². The van der Waals surface area contributed by atoms with Crippen LogP contribution in [0.3, 0.4) is 0 Å². The summed E-state index contributed by atoms with van der Waals surface area (Å²) in [7, 11) is 2.52. The molecule has 0 aliphatic carbocycles. The SMILES string of the molecule is COC(=O)Cc1c(C(=O)OC)nnn1Cc1cncs1. The van der Waals surface area contributed by atoms with Gasteiger partial charge in [0.05, 0.1) is 38.4 Å². The zero-order chi connectivity index (χ0) is 14.5. The number of esters is 2. The Hall–Kier alpha value is -2.29. The number of nitrogens with zero attached hydrogens (tertiary/aromatic N) is 4. The molecule has 0 saturated carbocycles. The molecule has 8 nitrogen and oxygen atoms in total. The van der Waals surface area contributed by atoms with Gasteiger partial charge in [0.15, 0.2) is 5.69 Å². The lowest BCUT2D eigenvalue weighted by Crippen LogP contribution is -2.15. The highest BCUT2D eigenvalue weighted by molar-refractivity contribution is 7.09. The highest BCUT2D eigenvalue weighted by atomic mass is 32.1. The summed E-state index contributed by atoms with van der Waals surface area (Å²) >= 11 is 1.44. The normalized spacial score (nSPS) is 10.3. The van der Waals surface area contributed by atoms with Gasteiger partial charge in [0.1, 0.15) is 0 Å². The van der Waals surface area contributed by atoms with Crippen LogP contribution in [0.15, 0.2) is 11.7 Å². The second-order valence-corrected chi connectivity index (χ2v) is 4.73. The molecule has 0 unspecified atom stereocenters. The average Bonchev–Trinajstić information content (AvgIpc) is 3.09. The number of hydrogen-bond acceptors (Lipinski definition) is 8. The lowest BCUT2D eigenvalue weighted by atomic mass is 10.2. The first-order valence-electron chi connectivity index (χ1n) is 5.60. The van der Waals surface area contributed by atoms with Gasteiger partial charge in [-0.15, -0.1) is 16.4 Å². The van der Waals surface area contributed by atoms with Gasteiger partial charge >= 0.3 is 11.9 Å². The van der Waals surface area contributed by atoms with E-state index in [1.54, 1.807) is 11.7 Å². The summed E-state index contributed by atoms with van der Waals surface area (Å²) in [5.74, 6) is -1.12. The lowest BCUT2D eigenvalue weighted by Gasteiger charge is -2.05. The number of ether oxygens (including phenoxy) is 2. The topological polar surface area (TPSA) is 96.2 Å². The van der Waals surface area contributed by atoms with Crippen LogP contribution < -0.4 is 0 Å². The van der Waals surface area contributed by atoms with Crippen LogP contribution in [-0.4, -0.2) is 46.1 Å². The molecule has 0 N–H and O–H groups in total. The minimum Gasteiger partial charge on any atom is -0.469 e. The molecular formula is C11H12N4O4S. The van der Waals surface area contributed by atoms with Crippen LogP contribution in [0.5, 0.6) is 0 Å². The molecule has 0 spiro atoms. The number of carbonyl (C=O) groups is 2. The molecule has 0 amide bonds. The molecule has 0 saturated heterocycles. The number of thiazole rings is 1. The fourth-order valence-corrected chi connectivity index (χ4v) is 2.14. The van der Waals surface area contributed by atoms with Crippen molar-refractivity contribution in [1.29, 1.82) is 0 Å². The number of carbonyl (C=O) groups excluding carboxylic acids is 2. The molecule has 0 fully saturated rings. The first kappa shape index (κ1) is 14.1. The van der Waals surface area contributed by atoms with Crippen LogP contribution in [0.2, 0.25) is 0 Å². The lowest BCUT2D eigenvalue weighted by molar-refractivity contribution is -0.139. The van der Waals surface area contributed by atoms with Crippen molar-refractivity contribution in [2.75, 3.05) is 14.2 Å². The summed E-state index contributed by atoms with van der Waals surface area (Å²) in [5, 5.41) is 7.65. The molecule has 2 rings (SSSR count). The molecule has 0 bridgehead atoms. The minimum absolute atomic E-state index is 0.0161. The van der Waals surface area contributed by atoms with Gasteiger partial charge in [0, 0.05) is 11.1 Å². The second kappa shape index (κ2) is 6.24. The van der Waals surface area contributed by atoms with Crippen molar-refractivity contribution in [3.8, 4) is 0 Å². The standard InChI is InChI=1S/C11H12N4O4S/c1-18-9(16)3-8-10(11(17)19-2)13-14-15(8)5-7-4-12-6-20-7/h4,6H,3,5H2,1-2H3. The van der Waals surface area contributed by atoms with Crippen LogP contribution in [-0.2, 0) is 27.2 Å². The van der Waals surface area contributed by atoms with Crippen LogP contribution in [0, 0.1) is 0 Å². The Labute approximate surface area is 118 Å². The third-order valence-corrected chi connectivity index (χ3v) is 3.31. The maximum absolute atomic E-state index is 11.6. The summed E-state index contributed by atoms with van der Waals surface area (Å²) in [6, 6.07) is 0. The van der Waals surface area contributed by atoms with E-state index in [0.29, 0.717) is 12.2 Å². The van der Waals surface area contributed by atoms with E-state index in [-0.39, 0.29) is 12.1 Å². The molecule has 106 valence electrons. The summed E-state index contributed by atoms with van der Waals surface area (Å²) in [6.45, 7) is 0.376. The molecule has 0 atom stereocenters. The van der Waals surface area contributed by atoms with Crippen LogP contribution in [0.25, 0.3) is 0 Å². The van der Waals surface area contributed by atoms with Gasteiger partial charge in [-0.1, -0.05) is 5.21 Å². The summed E-state index contributed by atoms with van der Waals surface area (Å²) in [6.07, 6.45) is 1.58. The van der Waals surface area contributed by atoms with Gasteiger partial charge in [-0.25, -0.2) is 9.48 Å². The highest BCUT2D eigenvalue weighted by Crippen LogP contribution is 2.13. The van der Waals surface area contributed by atoms with Gasteiger partial charge in [-0.3, -0.25) is 9.78 Å². The third-order valence-electron chi connectivity index (χ3n) is 2.54. The molecular weight excluding hydrogens is 284 g/mol. The average molecular weight is 296 g/mol. The zero-order valence-corrected chi connectivity index (χ0v) is 11.7. The number of rotatable bonds is 5. The van der Waals surface area contributed by atoms with Crippen LogP contribution >= 0.6 is 11.3 Å². The number of aromatic nitrogens is 4. The van der Waals surface area contributed by atoms with Crippen LogP contribution in [0.4, 0.5) is 0 Å². The molecule has 2 heterocycles. The van der Waals surface area contributed by atoms with Crippen molar-refractivity contribution in [3.63, 3.8) is 0 Å². The van der Waals surface area contributed by atoms with E-state index < -0.39 is 11.9 Å².